The highest BCUT2D eigenvalue weighted by Gasteiger charge is 2.42. The van der Waals surface area contributed by atoms with E-state index in [1.54, 1.807) is 0 Å². The molecule has 0 bridgehead atoms. The average Bonchev–Trinajstić information content (AvgIpc) is 2.77. The number of nitrogens with zero attached hydrogens (tertiary/aromatic N) is 1. The SMILES string of the molecule is Cc1noc(C(F)(F)F)c1C(=O)N[C@@H]1CCC[C@H](C)[C@H]1C. The van der Waals surface area contributed by atoms with Crippen LogP contribution in [0.4, 0.5) is 13.2 Å². The number of nitrogens with one attached hydrogen (secondary N) is 1. The van der Waals surface area contributed by atoms with Gasteiger partial charge in [0.1, 0.15) is 5.56 Å². The Balaban J connectivity index is 2.19. The van der Waals surface area contributed by atoms with Gasteiger partial charge in [0, 0.05) is 6.04 Å². The van der Waals surface area contributed by atoms with Crippen LogP contribution in [-0.4, -0.2) is 17.1 Å². The fourth-order valence-electron chi connectivity index (χ4n) is 2.86. The molecule has 1 fully saturated rings. The van der Waals surface area contributed by atoms with Crippen LogP contribution in [0.2, 0.25) is 0 Å². The van der Waals surface area contributed by atoms with Gasteiger partial charge < -0.3 is 9.84 Å². The van der Waals surface area contributed by atoms with E-state index in [1.165, 1.54) is 6.92 Å². The molecule has 3 atom stereocenters. The van der Waals surface area contributed by atoms with Gasteiger partial charge in [0.05, 0.1) is 5.69 Å². The third kappa shape index (κ3) is 3.22. The second kappa shape index (κ2) is 5.69. The topological polar surface area (TPSA) is 55.1 Å². The molecule has 1 N–H and O–H groups in total. The van der Waals surface area contributed by atoms with Crippen LogP contribution in [0.25, 0.3) is 0 Å². The number of amides is 1. The third-order valence-electron chi connectivity index (χ3n) is 4.37. The molecule has 0 aliphatic heterocycles. The van der Waals surface area contributed by atoms with Crippen molar-refractivity contribution in [3.8, 4) is 0 Å². The molecule has 1 amide bonds. The van der Waals surface area contributed by atoms with E-state index in [0.29, 0.717) is 5.92 Å². The summed E-state index contributed by atoms with van der Waals surface area (Å²) in [4.78, 5) is 12.2. The zero-order chi connectivity index (χ0) is 15.8. The van der Waals surface area contributed by atoms with Crippen molar-refractivity contribution in [2.24, 2.45) is 11.8 Å². The maximum absolute atomic E-state index is 12.8. The Morgan fingerprint density at radius 2 is 2.00 bits per heavy atom. The van der Waals surface area contributed by atoms with Crippen molar-refractivity contribution >= 4 is 5.91 Å². The zero-order valence-corrected chi connectivity index (χ0v) is 12.3. The van der Waals surface area contributed by atoms with Crippen LogP contribution in [0.1, 0.15) is 54.9 Å². The third-order valence-corrected chi connectivity index (χ3v) is 4.37. The summed E-state index contributed by atoms with van der Waals surface area (Å²) in [6.45, 7) is 5.44. The summed E-state index contributed by atoms with van der Waals surface area (Å²) >= 11 is 0. The molecule has 4 nitrogen and oxygen atoms in total. The Morgan fingerprint density at radius 3 is 2.62 bits per heavy atom. The predicted molar refractivity (Wildman–Crippen MR) is 69.7 cm³/mol. The van der Waals surface area contributed by atoms with Crippen LogP contribution in [0, 0.1) is 18.8 Å². The van der Waals surface area contributed by atoms with Crippen molar-refractivity contribution in [2.45, 2.75) is 52.3 Å². The summed E-state index contributed by atoms with van der Waals surface area (Å²) in [5, 5.41) is 5.99. The average molecular weight is 304 g/mol. The molecule has 0 radical (unpaired) electrons. The van der Waals surface area contributed by atoms with Gasteiger partial charge in [-0.1, -0.05) is 31.8 Å². The van der Waals surface area contributed by atoms with Gasteiger partial charge in [0.15, 0.2) is 0 Å². The summed E-state index contributed by atoms with van der Waals surface area (Å²) in [6.07, 6.45) is -1.90. The molecule has 1 aliphatic rings. The summed E-state index contributed by atoms with van der Waals surface area (Å²) in [5.41, 5.74) is -0.552. The van der Waals surface area contributed by atoms with Gasteiger partial charge in [-0.2, -0.15) is 13.2 Å². The van der Waals surface area contributed by atoms with Crippen LogP contribution >= 0.6 is 0 Å². The number of alkyl halides is 3. The molecule has 1 aliphatic carbocycles. The predicted octanol–water partition coefficient (Wildman–Crippen LogP) is 3.56. The molecule has 0 aromatic carbocycles. The van der Waals surface area contributed by atoms with E-state index in [9.17, 15) is 18.0 Å². The highest BCUT2D eigenvalue weighted by Crippen LogP contribution is 2.34. The maximum Gasteiger partial charge on any atom is 0.453 e. The zero-order valence-electron chi connectivity index (χ0n) is 12.3. The second-order valence-electron chi connectivity index (χ2n) is 5.82. The molecule has 118 valence electrons. The van der Waals surface area contributed by atoms with Gasteiger partial charge in [-0.25, -0.2) is 0 Å². The fourth-order valence-corrected chi connectivity index (χ4v) is 2.86. The van der Waals surface area contributed by atoms with Crippen molar-refractivity contribution in [3.05, 3.63) is 17.0 Å². The molecular formula is C14H19F3N2O2. The minimum Gasteiger partial charge on any atom is -0.351 e. The standard InChI is InChI=1S/C14H19F3N2O2/c1-7-5-4-6-10(8(7)2)18-13(20)11-9(3)19-21-12(11)14(15,16)17/h7-8,10H,4-6H2,1-3H3,(H,18,20)/t7-,8+,10+/m0/s1. The van der Waals surface area contributed by atoms with Crippen molar-refractivity contribution in [1.29, 1.82) is 0 Å². The number of carbonyl (C=O) groups is 1. The lowest BCUT2D eigenvalue weighted by molar-refractivity contribution is -0.155. The van der Waals surface area contributed by atoms with Gasteiger partial charge in [-0.3, -0.25) is 4.79 Å². The Labute approximate surface area is 121 Å². The minimum atomic E-state index is -4.72. The molecule has 7 heteroatoms. The number of halogens is 3. The molecular weight excluding hydrogens is 285 g/mol. The summed E-state index contributed by atoms with van der Waals surface area (Å²) in [7, 11) is 0. The summed E-state index contributed by atoms with van der Waals surface area (Å²) < 4.78 is 42.8. The molecule has 2 rings (SSSR count). The smallest absolute Gasteiger partial charge is 0.351 e. The van der Waals surface area contributed by atoms with Gasteiger partial charge in [0.25, 0.3) is 11.7 Å². The van der Waals surface area contributed by atoms with Gasteiger partial charge >= 0.3 is 6.18 Å². The first-order chi connectivity index (χ1) is 9.71. The van der Waals surface area contributed by atoms with Crippen LogP contribution in [0.5, 0.6) is 0 Å². The first-order valence-electron chi connectivity index (χ1n) is 7.06. The van der Waals surface area contributed by atoms with Crippen molar-refractivity contribution in [1.82, 2.24) is 10.5 Å². The minimum absolute atomic E-state index is 0.0451. The Bertz CT molecular complexity index is 525. The van der Waals surface area contributed by atoms with Crippen LogP contribution in [0.15, 0.2) is 4.52 Å². The highest BCUT2D eigenvalue weighted by atomic mass is 19.4. The Hall–Kier alpha value is -1.53. The van der Waals surface area contributed by atoms with Crippen molar-refractivity contribution in [2.75, 3.05) is 0 Å². The Morgan fingerprint density at radius 1 is 1.33 bits per heavy atom. The van der Waals surface area contributed by atoms with E-state index in [-0.39, 0.29) is 17.7 Å². The van der Waals surface area contributed by atoms with Crippen LogP contribution in [-0.2, 0) is 6.18 Å². The highest BCUT2D eigenvalue weighted by molar-refractivity contribution is 5.96. The Kier molecular flexibility index (Phi) is 4.30. The molecule has 21 heavy (non-hydrogen) atoms. The number of aromatic nitrogens is 1. The largest absolute Gasteiger partial charge is 0.453 e. The number of carbonyl (C=O) groups excluding carboxylic acids is 1. The first-order valence-corrected chi connectivity index (χ1v) is 7.06. The number of hydrogen-bond acceptors (Lipinski definition) is 3. The summed E-state index contributed by atoms with van der Waals surface area (Å²) in [5.74, 6) is -1.41. The number of rotatable bonds is 2. The normalized spacial score (nSPS) is 26.7. The monoisotopic (exact) mass is 304 g/mol. The van der Waals surface area contributed by atoms with Gasteiger partial charge in [0.2, 0.25) is 0 Å². The molecule has 1 aromatic rings. The van der Waals surface area contributed by atoms with Crippen molar-refractivity contribution < 1.29 is 22.5 Å². The fraction of sp³-hybridized carbons (Fsp3) is 0.714. The molecule has 0 unspecified atom stereocenters. The molecule has 0 spiro atoms. The molecule has 1 saturated carbocycles. The van der Waals surface area contributed by atoms with E-state index in [4.69, 9.17) is 0 Å². The van der Waals surface area contributed by atoms with E-state index in [2.05, 4.69) is 21.9 Å². The van der Waals surface area contributed by atoms with Crippen LogP contribution in [0.3, 0.4) is 0 Å². The lowest BCUT2D eigenvalue weighted by Crippen LogP contribution is -2.44. The molecule has 1 heterocycles. The lowest BCUT2D eigenvalue weighted by atomic mass is 9.78. The number of aryl methyl sites for hydroxylation is 1. The maximum atomic E-state index is 12.8. The van der Waals surface area contributed by atoms with E-state index in [0.717, 1.165) is 19.3 Å². The van der Waals surface area contributed by atoms with E-state index >= 15 is 0 Å². The van der Waals surface area contributed by atoms with E-state index in [1.807, 2.05) is 6.92 Å². The summed E-state index contributed by atoms with van der Waals surface area (Å²) in [6, 6.07) is -0.114. The quantitative estimate of drug-likeness (QED) is 0.909. The van der Waals surface area contributed by atoms with Crippen molar-refractivity contribution in [3.63, 3.8) is 0 Å². The van der Waals surface area contributed by atoms with E-state index < -0.39 is 23.4 Å². The lowest BCUT2D eigenvalue weighted by Gasteiger charge is -2.34. The molecule has 0 saturated heterocycles. The molecule has 1 aromatic heterocycles. The first kappa shape index (κ1) is 15.9. The van der Waals surface area contributed by atoms with Crippen LogP contribution < -0.4 is 5.32 Å². The second-order valence-corrected chi connectivity index (χ2v) is 5.82. The van der Waals surface area contributed by atoms with Gasteiger partial charge in [-0.05, 0) is 25.2 Å². The van der Waals surface area contributed by atoms with Gasteiger partial charge in [-0.15, -0.1) is 0 Å². The number of hydrogen-bond donors (Lipinski definition) is 1.